The highest BCUT2D eigenvalue weighted by molar-refractivity contribution is 7.15. The first-order valence-corrected chi connectivity index (χ1v) is 10.1. The van der Waals surface area contributed by atoms with Crippen molar-refractivity contribution in [3.8, 4) is 0 Å². The molecule has 1 atom stereocenters. The Hall–Kier alpha value is -3.39. The quantitative estimate of drug-likeness (QED) is 0.478. The van der Waals surface area contributed by atoms with E-state index in [1.54, 1.807) is 31.2 Å². The molecule has 0 radical (unpaired) electrons. The predicted octanol–water partition coefficient (Wildman–Crippen LogP) is 4.46. The summed E-state index contributed by atoms with van der Waals surface area (Å²) in [7, 11) is 0. The van der Waals surface area contributed by atoms with Gasteiger partial charge in [-0.15, -0.1) is 10.2 Å². The molecule has 1 aliphatic heterocycles. The van der Waals surface area contributed by atoms with E-state index < -0.39 is 17.8 Å². The zero-order valence-electron chi connectivity index (χ0n) is 16.4. The van der Waals surface area contributed by atoms with Crippen molar-refractivity contribution in [2.45, 2.75) is 26.8 Å². The number of rotatable bonds is 2. The molecule has 2 aromatic heterocycles. The van der Waals surface area contributed by atoms with Gasteiger partial charge in [-0.1, -0.05) is 23.5 Å². The zero-order valence-corrected chi connectivity index (χ0v) is 17.2. The first kappa shape index (κ1) is 18.6. The fourth-order valence-electron chi connectivity index (χ4n) is 3.80. The molecule has 0 N–H and O–H groups in total. The summed E-state index contributed by atoms with van der Waals surface area (Å²) in [5, 5.41) is 9.48. The van der Waals surface area contributed by atoms with Crippen molar-refractivity contribution < 1.29 is 13.6 Å². The van der Waals surface area contributed by atoms with Crippen molar-refractivity contribution in [2.24, 2.45) is 0 Å². The fourth-order valence-corrected chi connectivity index (χ4v) is 4.52. The summed E-state index contributed by atoms with van der Waals surface area (Å²) in [6.07, 6.45) is 0. The minimum atomic E-state index is -0.849. The fraction of sp³-hybridized carbons (Fsp3) is 0.182. The Morgan fingerprint density at radius 3 is 2.53 bits per heavy atom. The van der Waals surface area contributed by atoms with Crippen LogP contribution >= 0.6 is 11.3 Å². The van der Waals surface area contributed by atoms with Crippen LogP contribution in [-0.2, 0) is 0 Å². The van der Waals surface area contributed by atoms with Gasteiger partial charge in [-0.2, -0.15) is 0 Å². The smallest absolute Gasteiger partial charge is 0.297 e. The van der Waals surface area contributed by atoms with Gasteiger partial charge in [0.05, 0.1) is 17.0 Å². The van der Waals surface area contributed by atoms with Gasteiger partial charge in [-0.25, -0.2) is 4.39 Å². The lowest BCUT2D eigenvalue weighted by Crippen LogP contribution is -2.29. The number of nitrogens with zero attached hydrogens (tertiary/aromatic N) is 3. The van der Waals surface area contributed by atoms with Crippen LogP contribution < -0.4 is 10.3 Å². The maximum Gasteiger partial charge on any atom is 0.297 e. The lowest BCUT2D eigenvalue weighted by atomic mass is 9.97. The van der Waals surface area contributed by atoms with Crippen molar-refractivity contribution in [3.05, 3.63) is 85.5 Å². The van der Waals surface area contributed by atoms with Gasteiger partial charge >= 0.3 is 0 Å². The Morgan fingerprint density at radius 2 is 1.83 bits per heavy atom. The molecule has 0 aliphatic carbocycles. The van der Waals surface area contributed by atoms with Gasteiger partial charge in [-0.3, -0.25) is 14.5 Å². The van der Waals surface area contributed by atoms with Gasteiger partial charge in [0.1, 0.15) is 16.4 Å². The lowest BCUT2D eigenvalue weighted by molar-refractivity contribution is 0.0970. The van der Waals surface area contributed by atoms with E-state index in [0.29, 0.717) is 26.7 Å². The third kappa shape index (κ3) is 2.68. The average Bonchev–Trinajstić information content (AvgIpc) is 3.25. The highest BCUT2D eigenvalue weighted by Crippen LogP contribution is 2.42. The summed E-state index contributed by atoms with van der Waals surface area (Å²) in [5.74, 6) is -0.996. The van der Waals surface area contributed by atoms with Crippen LogP contribution in [0.25, 0.3) is 11.0 Å². The number of fused-ring (bicyclic) bond motifs is 2. The Morgan fingerprint density at radius 1 is 1.07 bits per heavy atom. The van der Waals surface area contributed by atoms with Crippen molar-refractivity contribution >= 4 is 33.3 Å². The summed E-state index contributed by atoms with van der Waals surface area (Å²) in [6.45, 7) is 5.60. The van der Waals surface area contributed by atoms with Gasteiger partial charge in [0.25, 0.3) is 5.91 Å². The van der Waals surface area contributed by atoms with Crippen LogP contribution in [0, 0.1) is 26.6 Å². The van der Waals surface area contributed by atoms with E-state index in [0.717, 1.165) is 11.1 Å². The van der Waals surface area contributed by atoms with E-state index in [9.17, 15) is 14.0 Å². The Kier molecular flexibility index (Phi) is 4.08. The van der Waals surface area contributed by atoms with Crippen LogP contribution in [0.2, 0.25) is 0 Å². The molecule has 8 heteroatoms. The molecule has 1 aliphatic rings. The van der Waals surface area contributed by atoms with E-state index in [2.05, 4.69) is 10.2 Å². The normalized spacial score (nSPS) is 15.8. The summed E-state index contributed by atoms with van der Waals surface area (Å²) in [5.41, 5.74) is 2.59. The van der Waals surface area contributed by atoms with E-state index in [-0.39, 0.29) is 16.8 Å². The van der Waals surface area contributed by atoms with Crippen LogP contribution in [0.5, 0.6) is 0 Å². The highest BCUT2D eigenvalue weighted by atomic mass is 32.1. The van der Waals surface area contributed by atoms with Crippen LogP contribution in [0.1, 0.15) is 43.9 Å². The van der Waals surface area contributed by atoms with Crippen molar-refractivity contribution in [3.63, 3.8) is 0 Å². The summed E-state index contributed by atoms with van der Waals surface area (Å²) < 4.78 is 20.0. The molecule has 0 spiro atoms. The number of aryl methyl sites for hydroxylation is 3. The van der Waals surface area contributed by atoms with Crippen LogP contribution in [0.15, 0.2) is 45.6 Å². The number of hydrogen-bond acceptors (Lipinski definition) is 6. The number of aromatic nitrogens is 2. The molecule has 30 heavy (non-hydrogen) atoms. The van der Waals surface area contributed by atoms with Gasteiger partial charge in [-0.05, 0) is 61.7 Å². The Labute approximate surface area is 174 Å². The molecule has 150 valence electrons. The molecule has 5 rings (SSSR count). The highest BCUT2D eigenvalue weighted by Gasteiger charge is 2.45. The van der Waals surface area contributed by atoms with Crippen LogP contribution in [0.3, 0.4) is 0 Å². The number of hydrogen-bond donors (Lipinski definition) is 0. The molecule has 0 saturated carbocycles. The van der Waals surface area contributed by atoms with E-state index in [4.69, 9.17) is 4.42 Å². The summed E-state index contributed by atoms with van der Waals surface area (Å²) in [6, 6.07) is 8.54. The molecule has 6 nitrogen and oxygen atoms in total. The summed E-state index contributed by atoms with van der Waals surface area (Å²) >= 11 is 1.22. The largest absolute Gasteiger partial charge is 0.450 e. The van der Waals surface area contributed by atoms with Crippen molar-refractivity contribution in [1.29, 1.82) is 0 Å². The second-order valence-electron chi connectivity index (χ2n) is 7.34. The molecule has 4 aromatic rings. The molecule has 3 heterocycles. The van der Waals surface area contributed by atoms with Gasteiger partial charge in [0, 0.05) is 0 Å². The third-order valence-corrected chi connectivity index (χ3v) is 6.21. The maximum atomic E-state index is 14.0. The molecule has 0 saturated heterocycles. The zero-order chi connectivity index (χ0) is 21.2. The van der Waals surface area contributed by atoms with Crippen LogP contribution in [0.4, 0.5) is 9.52 Å². The van der Waals surface area contributed by atoms with E-state index >= 15 is 0 Å². The van der Waals surface area contributed by atoms with E-state index in [1.807, 2.05) is 13.8 Å². The number of carbonyl (C=O) groups is 1. The second kappa shape index (κ2) is 6.56. The third-order valence-electron chi connectivity index (χ3n) is 5.37. The van der Waals surface area contributed by atoms with E-state index in [1.165, 1.54) is 28.4 Å². The number of anilines is 1. The minimum Gasteiger partial charge on any atom is -0.450 e. The molecule has 1 amide bonds. The SMILES string of the molecule is Cc1nnc(N2C(=O)c3oc4cc(C)c(C)cc4c(=O)c3C2c2cccc(F)c2)s1. The molecular formula is C22H16FN3O3S. The average molecular weight is 421 g/mol. The van der Waals surface area contributed by atoms with Gasteiger partial charge in [0.15, 0.2) is 5.43 Å². The Bertz CT molecular complexity index is 1410. The number of halogens is 1. The standard InChI is InChI=1S/C22H16FN3O3S/c1-10-7-15-16(8-11(10)2)29-20-17(19(15)27)18(13-5-4-6-14(23)9-13)26(21(20)28)22-25-24-12(3)30-22/h4-9,18H,1-3H3. The van der Waals surface area contributed by atoms with Gasteiger partial charge < -0.3 is 4.42 Å². The monoisotopic (exact) mass is 421 g/mol. The molecule has 0 bridgehead atoms. The molecule has 1 unspecified atom stereocenters. The second-order valence-corrected chi connectivity index (χ2v) is 8.50. The Balaban J connectivity index is 1.84. The predicted molar refractivity (Wildman–Crippen MR) is 112 cm³/mol. The van der Waals surface area contributed by atoms with Crippen molar-refractivity contribution in [2.75, 3.05) is 4.90 Å². The number of amides is 1. The maximum absolute atomic E-state index is 14.0. The lowest BCUT2D eigenvalue weighted by Gasteiger charge is -2.22. The topological polar surface area (TPSA) is 76.3 Å². The molecule has 2 aromatic carbocycles. The number of benzene rings is 2. The minimum absolute atomic E-state index is 0.0436. The molecule has 0 fully saturated rings. The first-order valence-electron chi connectivity index (χ1n) is 9.32. The summed E-state index contributed by atoms with van der Waals surface area (Å²) in [4.78, 5) is 28.2. The van der Waals surface area contributed by atoms with Crippen LogP contribution in [-0.4, -0.2) is 16.1 Å². The first-order chi connectivity index (χ1) is 14.3. The van der Waals surface area contributed by atoms with Gasteiger partial charge in [0.2, 0.25) is 10.9 Å². The number of carbonyl (C=O) groups excluding carboxylic acids is 1. The molecular weight excluding hydrogens is 405 g/mol. The van der Waals surface area contributed by atoms with Crippen molar-refractivity contribution in [1.82, 2.24) is 10.2 Å².